The van der Waals surface area contributed by atoms with Crippen molar-refractivity contribution in [3.8, 4) is 0 Å². The zero-order valence-electron chi connectivity index (χ0n) is 10.3. The van der Waals surface area contributed by atoms with Gasteiger partial charge in [0.1, 0.15) is 0 Å². The van der Waals surface area contributed by atoms with Crippen LogP contribution in [0.1, 0.15) is 22.3 Å². The van der Waals surface area contributed by atoms with E-state index in [0.717, 1.165) is 5.56 Å². The van der Waals surface area contributed by atoms with Gasteiger partial charge in [-0.1, -0.05) is 59.7 Å². The molecular weight excluding hydrogens is 206 g/mol. The summed E-state index contributed by atoms with van der Waals surface area (Å²) in [5.41, 5.74) is 5.37. The smallest absolute Gasteiger partial charge is 0.0429 e. The van der Waals surface area contributed by atoms with Gasteiger partial charge in [0.25, 0.3) is 0 Å². The highest BCUT2D eigenvalue weighted by molar-refractivity contribution is 5.99. The third kappa shape index (κ3) is 3.04. The minimum atomic E-state index is 0.675. The van der Waals surface area contributed by atoms with Crippen LogP contribution in [0, 0.1) is 19.3 Å². The Labute approximate surface area is 103 Å². The van der Waals surface area contributed by atoms with Crippen molar-refractivity contribution < 1.29 is 0 Å². The van der Waals surface area contributed by atoms with Crippen LogP contribution >= 0.6 is 0 Å². The molecule has 86 valence electrons. The van der Waals surface area contributed by atoms with Gasteiger partial charge in [0.15, 0.2) is 0 Å². The predicted octanol–water partition coefficient (Wildman–Crippen LogP) is 3.91. The third-order valence-electron chi connectivity index (χ3n) is 2.90. The molecule has 0 unspecified atom stereocenters. The van der Waals surface area contributed by atoms with Crippen LogP contribution in [0.15, 0.2) is 48.5 Å². The molecule has 2 aromatic rings. The first-order valence-corrected chi connectivity index (χ1v) is 5.85. The second kappa shape index (κ2) is 4.96. The van der Waals surface area contributed by atoms with Crippen molar-refractivity contribution in [3.63, 3.8) is 0 Å². The summed E-state index contributed by atoms with van der Waals surface area (Å²) in [6.45, 7) is 4.14. The Bertz CT molecular complexity index is 506. The van der Waals surface area contributed by atoms with Crippen LogP contribution < -0.4 is 0 Å². The second-order valence-corrected chi connectivity index (χ2v) is 4.51. The van der Waals surface area contributed by atoms with E-state index in [1.165, 1.54) is 16.7 Å². The van der Waals surface area contributed by atoms with Crippen molar-refractivity contribution in [1.82, 2.24) is 0 Å². The van der Waals surface area contributed by atoms with Gasteiger partial charge >= 0.3 is 0 Å². The fraction of sp³-hybridized carbons (Fsp3) is 0.188. The normalized spacial score (nSPS) is 10.2. The number of rotatable bonds is 3. The molecule has 0 aliphatic carbocycles. The Morgan fingerprint density at radius 3 is 1.82 bits per heavy atom. The molecule has 0 radical (unpaired) electrons. The zero-order chi connectivity index (χ0) is 12.3. The molecule has 0 amide bonds. The molecule has 0 fully saturated rings. The van der Waals surface area contributed by atoms with E-state index in [1.807, 2.05) is 12.1 Å². The van der Waals surface area contributed by atoms with E-state index in [1.54, 1.807) is 0 Å². The Morgan fingerprint density at radius 2 is 1.29 bits per heavy atom. The predicted molar refractivity (Wildman–Crippen MR) is 72.9 cm³/mol. The molecule has 0 spiro atoms. The second-order valence-electron chi connectivity index (χ2n) is 4.51. The average Bonchev–Trinajstić information content (AvgIpc) is 2.33. The van der Waals surface area contributed by atoms with E-state index < -0.39 is 0 Å². The van der Waals surface area contributed by atoms with Crippen molar-refractivity contribution in [3.05, 3.63) is 70.8 Å². The molecule has 2 aromatic carbocycles. The molecule has 0 atom stereocenters. The first kappa shape index (κ1) is 11.6. The number of nitrogens with one attached hydrogen (secondary N) is 1. The minimum Gasteiger partial charge on any atom is -0.304 e. The maximum Gasteiger partial charge on any atom is 0.0429 e. The number of aryl methyl sites for hydroxylation is 2. The Hall–Kier alpha value is -1.89. The summed E-state index contributed by atoms with van der Waals surface area (Å²) in [6, 6.07) is 16.5. The molecule has 0 aromatic heterocycles. The van der Waals surface area contributed by atoms with Gasteiger partial charge in [0.2, 0.25) is 0 Å². The van der Waals surface area contributed by atoms with Gasteiger partial charge in [0.05, 0.1) is 0 Å². The molecule has 0 saturated carbocycles. The highest BCUT2D eigenvalue weighted by atomic mass is 14.4. The van der Waals surface area contributed by atoms with Gasteiger partial charge in [-0.25, -0.2) is 0 Å². The van der Waals surface area contributed by atoms with Gasteiger partial charge in [-0.3, -0.25) is 0 Å². The fourth-order valence-corrected chi connectivity index (χ4v) is 1.77. The quantitative estimate of drug-likeness (QED) is 0.763. The highest BCUT2D eigenvalue weighted by Crippen LogP contribution is 2.10. The molecule has 1 nitrogen and oxygen atoms in total. The van der Waals surface area contributed by atoms with E-state index in [9.17, 15) is 0 Å². The molecule has 0 aliphatic heterocycles. The van der Waals surface area contributed by atoms with Gasteiger partial charge < -0.3 is 5.41 Å². The largest absolute Gasteiger partial charge is 0.304 e. The van der Waals surface area contributed by atoms with Crippen LogP contribution in [0.4, 0.5) is 0 Å². The minimum absolute atomic E-state index is 0.675. The maximum absolute atomic E-state index is 8.09. The van der Waals surface area contributed by atoms with Gasteiger partial charge in [-0.2, -0.15) is 0 Å². The van der Waals surface area contributed by atoms with Gasteiger partial charge in [-0.05, 0) is 25.0 Å². The van der Waals surface area contributed by atoms with Crippen LogP contribution in [0.2, 0.25) is 0 Å². The van der Waals surface area contributed by atoms with Crippen molar-refractivity contribution in [2.45, 2.75) is 20.3 Å². The molecule has 0 saturated heterocycles. The van der Waals surface area contributed by atoms with E-state index in [2.05, 4.69) is 50.2 Å². The van der Waals surface area contributed by atoms with Crippen molar-refractivity contribution >= 4 is 5.71 Å². The standard InChI is InChI=1S/C16H17N/c1-12-3-7-14(8-4-12)11-16(17)15-9-5-13(2)6-10-15/h3-10,17H,11H2,1-2H3. The molecular formula is C16H17N. The highest BCUT2D eigenvalue weighted by Gasteiger charge is 2.02. The number of hydrogen-bond donors (Lipinski definition) is 1. The molecule has 0 bridgehead atoms. The lowest BCUT2D eigenvalue weighted by atomic mass is 10.0. The average molecular weight is 223 g/mol. The molecule has 0 heterocycles. The SMILES string of the molecule is Cc1ccc(CC(=N)c2ccc(C)cc2)cc1. The van der Waals surface area contributed by atoms with Crippen LogP contribution in [-0.4, -0.2) is 5.71 Å². The monoisotopic (exact) mass is 223 g/mol. The van der Waals surface area contributed by atoms with Gasteiger partial charge in [0, 0.05) is 12.1 Å². The summed E-state index contributed by atoms with van der Waals surface area (Å²) in [5.74, 6) is 0. The van der Waals surface area contributed by atoms with Crippen LogP contribution in [0.5, 0.6) is 0 Å². The maximum atomic E-state index is 8.09. The van der Waals surface area contributed by atoms with E-state index in [4.69, 9.17) is 5.41 Å². The lowest BCUT2D eigenvalue weighted by Crippen LogP contribution is -2.03. The molecule has 1 heteroatoms. The molecule has 2 rings (SSSR count). The summed E-state index contributed by atoms with van der Waals surface area (Å²) in [5, 5.41) is 8.09. The van der Waals surface area contributed by atoms with E-state index in [0.29, 0.717) is 12.1 Å². The fourth-order valence-electron chi connectivity index (χ4n) is 1.77. The Kier molecular flexibility index (Phi) is 3.38. The summed E-state index contributed by atoms with van der Waals surface area (Å²) in [4.78, 5) is 0. The molecule has 0 aliphatic rings. The lowest BCUT2D eigenvalue weighted by Gasteiger charge is -2.05. The van der Waals surface area contributed by atoms with E-state index in [-0.39, 0.29) is 0 Å². The first-order chi connectivity index (χ1) is 8.15. The number of benzene rings is 2. The van der Waals surface area contributed by atoms with Crippen LogP contribution in [0.25, 0.3) is 0 Å². The Morgan fingerprint density at radius 1 is 0.824 bits per heavy atom. The Balaban J connectivity index is 2.11. The first-order valence-electron chi connectivity index (χ1n) is 5.85. The van der Waals surface area contributed by atoms with Gasteiger partial charge in [-0.15, -0.1) is 0 Å². The summed E-state index contributed by atoms with van der Waals surface area (Å²) >= 11 is 0. The molecule has 17 heavy (non-hydrogen) atoms. The summed E-state index contributed by atoms with van der Waals surface area (Å²) in [7, 11) is 0. The summed E-state index contributed by atoms with van der Waals surface area (Å²) in [6.07, 6.45) is 0.698. The topological polar surface area (TPSA) is 23.9 Å². The van der Waals surface area contributed by atoms with Crippen molar-refractivity contribution in [1.29, 1.82) is 5.41 Å². The van der Waals surface area contributed by atoms with Crippen molar-refractivity contribution in [2.75, 3.05) is 0 Å². The molecule has 1 N–H and O–H groups in total. The zero-order valence-corrected chi connectivity index (χ0v) is 10.3. The van der Waals surface area contributed by atoms with Crippen molar-refractivity contribution in [2.24, 2.45) is 0 Å². The van der Waals surface area contributed by atoms with Crippen LogP contribution in [-0.2, 0) is 6.42 Å². The number of hydrogen-bond acceptors (Lipinski definition) is 1. The van der Waals surface area contributed by atoms with Crippen LogP contribution in [0.3, 0.4) is 0 Å². The summed E-state index contributed by atoms with van der Waals surface area (Å²) < 4.78 is 0. The third-order valence-corrected chi connectivity index (χ3v) is 2.90. The van der Waals surface area contributed by atoms with E-state index >= 15 is 0 Å². The lowest BCUT2D eigenvalue weighted by molar-refractivity contribution is 1.26.